The van der Waals surface area contributed by atoms with Gasteiger partial charge in [-0.25, -0.2) is 9.97 Å². The van der Waals surface area contributed by atoms with Crippen molar-refractivity contribution < 1.29 is 14.3 Å². The number of benzene rings is 2. The Morgan fingerprint density at radius 1 is 0.967 bits per heavy atom. The van der Waals surface area contributed by atoms with E-state index in [4.69, 9.17) is 14.7 Å². The molecule has 2 aromatic carbocycles. The van der Waals surface area contributed by atoms with Gasteiger partial charge in [-0.05, 0) is 30.3 Å². The zero-order valence-electron chi connectivity index (χ0n) is 16.2. The topological polar surface area (TPSA) is 91.6 Å². The standard InChI is InChI=1S/C22H19N5O3/c23-13-15-1-3-16(4-2-15)22(28)27-7-5-26(6-8-27)21-17-11-19-20(30-10-9-29-19)12-18(17)24-14-25-21/h1-4,11-12,14H,5-10H2. The van der Waals surface area contributed by atoms with E-state index in [1.165, 1.54) is 0 Å². The van der Waals surface area contributed by atoms with Gasteiger partial charge in [0.2, 0.25) is 0 Å². The van der Waals surface area contributed by atoms with Gasteiger partial charge in [0, 0.05) is 43.2 Å². The Morgan fingerprint density at radius 2 is 1.67 bits per heavy atom. The lowest BCUT2D eigenvalue weighted by molar-refractivity contribution is 0.0746. The normalized spacial score (nSPS) is 15.7. The third kappa shape index (κ3) is 3.24. The molecular formula is C22H19N5O3. The third-order valence-electron chi connectivity index (χ3n) is 5.41. The summed E-state index contributed by atoms with van der Waals surface area (Å²) in [5, 5.41) is 9.83. The fraction of sp³-hybridized carbons (Fsp3) is 0.273. The van der Waals surface area contributed by atoms with Crippen molar-refractivity contribution in [3.63, 3.8) is 0 Å². The minimum Gasteiger partial charge on any atom is -0.486 e. The largest absolute Gasteiger partial charge is 0.486 e. The van der Waals surface area contributed by atoms with Gasteiger partial charge in [0.1, 0.15) is 25.4 Å². The van der Waals surface area contributed by atoms with E-state index >= 15 is 0 Å². The molecule has 8 heteroatoms. The van der Waals surface area contributed by atoms with Crippen LogP contribution in [0.4, 0.5) is 5.82 Å². The maximum absolute atomic E-state index is 12.8. The van der Waals surface area contributed by atoms with Gasteiger partial charge in [0.05, 0.1) is 17.1 Å². The van der Waals surface area contributed by atoms with Crippen LogP contribution in [0.25, 0.3) is 10.9 Å². The second-order valence-corrected chi connectivity index (χ2v) is 7.18. The molecule has 0 radical (unpaired) electrons. The Labute approximate surface area is 173 Å². The highest BCUT2D eigenvalue weighted by molar-refractivity contribution is 5.95. The number of hydrogen-bond acceptors (Lipinski definition) is 7. The van der Waals surface area contributed by atoms with Crippen molar-refractivity contribution in [2.45, 2.75) is 0 Å². The van der Waals surface area contributed by atoms with Gasteiger partial charge in [-0.1, -0.05) is 0 Å². The molecule has 5 rings (SSSR count). The quantitative estimate of drug-likeness (QED) is 0.650. The first-order valence-electron chi connectivity index (χ1n) is 9.82. The zero-order chi connectivity index (χ0) is 20.5. The van der Waals surface area contributed by atoms with Crippen LogP contribution < -0.4 is 14.4 Å². The maximum atomic E-state index is 12.8. The van der Waals surface area contributed by atoms with E-state index in [2.05, 4.69) is 20.9 Å². The predicted molar refractivity (Wildman–Crippen MR) is 110 cm³/mol. The van der Waals surface area contributed by atoms with Gasteiger partial charge < -0.3 is 19.3 Å². The molecule has 1 amide bonds. The van der Waals surface area contributed by atoms with Crippen molar-refractivity contribution in [1.82, 2.24) is 14.9 Å². The van der Waals surface area contributed by atoms with Crippen LogP contribution in [0.15, 0.2) is 42.7 Å². The van der Waals surface area contributed by atoms with Gasteiger partial charge in [0.15, 0.2) is 11.5 Å². The van der Waals surface area contributed by atoms with E-state index in [1.807, 2.05) is 17.0 Å². The molecular weight excluding hydrogens is 382 g/mol. The van der Waals surface area contributed by atoms with Crippen LogP contribution in [0.2, 0.25) is 0 Å². The lowest BCUT2D eigenvalue weighted by Crippen LogP contribution is -2.49. The van der Waals surface area contributed by atoms with Gasteiger partial charge >= 0.3 is 0 Å². The number of aromatic nitrogens is 2. The molecule has 0 aliphatic carbocycles. The van der Waals surface area contributed by atoms with Crippen LogP contribution in [0.3, 0.4) is 0 Å². The van der Waals surface area contributed by atoms with Gasteiger partial charge in [-0.15, -0.1) is 0 Å². The van der Waals surface area contributed by atoms with Crippen LogP contribution in [0.5, 0.6) is 11.5 Å². The van der Waals surface area contributed by atoms with Crippen molar-refractivity contribution in [3.05, 3.63) is 53.9 Å². The summed E-state index contributed by atoms with van der Waals surface area (Å²) in [6.07, 6.45) is 1.56. The highest BCUT2D eigenvalue weighted by atomic mass is 16.6. The SMILES string of the molecule is N#Cc1ccc(C(=O)N2CCN(c3ncnc4cc5c(cc34)OCCO5)CC2)cc1. The molecule has 150 valence electrons. The number of nitrogens with zero attached hydrogens (tertiary/aromatic N) is 5. The monoisotopic (exact) mass is 401 g/mol. The summed E-state index contributed by atoms with van der Waals surface area (Å²) in [5.41, 5.74) is 1.95. The third-order valence-corrected chi connectivity index (χ3v) is 5.41. The van der Waals surface area contributed by atoms with Crippen LogP contribution in [0, 0.1) is 11.3 Å². The highest BCUT2D eigenvalue weighted by Gasteiger charge is 2.25. The summed E-state index contributed by atoms with van der Waals surface area (Å²) in [7, 11) is 0. The minimum atomic E-state index is -0.0219. The van der Waals surface area contributed by atoms with Crippen LogP contribution in [-0.2, 0) is 0 Å². The van der Waals surface area contributed by atoms with Crippen molar-refractivity contribution in [2.24, 2.45) is 0 Å². The van der Waals surface area contributed by atoms with Crippen LogP contribution >= 0.6 is 0 Å². The van der Waals surface area contributed by atoms with E-state index in [0.29, 0.717) is 62.0 Å². The molecule has 0 bridgehead atoms. The van der Waals surface area contributed by atoms with Crippen LogP contribution in [0.1, 0.15) is 15.9 Å². The number of nitriles is 1. The maximum Gasteiger partial charge on any atom is 0.253 e. The summed E-state index contributed by atoms with van der Waals surface area (Å²) < 4.78 is 11.4. The first kappa shape index (κ1) is 18.2. The molecule has 8 nitrogen and oxygen atoms in total. The molecule has 1 saturated heterocycles. The number of ether oxygens (including phenoxy) is 2. The Balaban J connectivity index is 1.34. The van der Waals surface area contributed by atoms with Gasteiger partial charge in [0.25, 0.3) is 5.91 Å². The van der Waals surface area contributed by atoms with Crippen molar-refractivity contribution in [2.75, 3.05) is 44.3 Å². The van der Waals surface area contributed by atoms with E-state index in [-0.39, 0.29) is 5.91 Å². The minimum absolute atomic E-state index is 0.0219. The predicted octanol–water partition coefficient (Wildman–Crippen LogP) is 2.24. The molecule has 0 spiro atoms. The number of carbonyl (C=O) groups excluding carboxylic acids is 1. The summed E-state index contributed by atoms with van der Waals surface area (Å²) >= 11 is 0. The number of anilines is 1. The lowest BCUT2D eigenvalue weighted by atomic mass is 10.1. The Morgan fingerprint density at radius 3 is 2.37 bits per heavy atom. The molecule has 3 aromatic rings. The van der Waals surface area contributed by atoms with Crippen molar-refractivity contribution in [3.8, 4) is 17.6 Å². The second kappa shape index (κ2) is 7.52. The Hall–Kier alpha value is -3.86. The van der Waals surface area contributed by atoms with E-state index in [9.17, 15) is 4.79 Å². The lowest BCUT2D eigenvalue weighted by Gasteiger charge is -2.36. The molecule has 2 aliphatic heterocycles. The van der Waals surface area contributed by atoms with Crippen molar-refractivity contribution in [1.29, 1.82) is 5.26 Å². The van der Waals surface area contributed by atoms with Gasteiger partial charge in [-0.3, -0.25) is 4.79 Å². The first-order chi connectivity index (χ1) is 14.7. The molecule has 30 heavy (non-hydrogen) atoms. The average molecular weight is 401 g/mol. The highest BCUT2D eigenvalue weighted by Crippen LogP contribution is 2.36. The molecule has 1 fully saturated rings. The molecule has 0 atom stereocenters. The fourth-order valence-electron chi connectivity index (χ4n) is 3.82. The zero-order valence-corrected chi connectivity index (χ0v) is 16.2. The van der Waals surface area contributed by atoms with E-state index in [0.717, 1.165) is 16.7 Å². The molecule has 3 heterocycles. The Kier molecular flexibility index (Phi) is 4.56. The first-order valence-corrected chi connectivity index (χ1v) is 9.82. The summed E-state index contributed by atoms with van der Waals surface area (Å²) in [4.78, 5) is 25.7. The second-order valence-electron chi connectivity index (χ2n) is 7.18. The number of amides is 1. The summed E-state index contributed by atoms with van der Waals surface area (Å²) in [5.74, 6) is 2.23. The molecule has 2 aliphatic rings. The average Bonchev–Trinajstić information content (AvgIpc) is 2.82. The summed E-state index contributed by atoms with van der Waals surface area (Å²) in [6, 6.07) is 12.6. The number of fused-ring (bicyclic) bond motifs is 2. The molecule has 0 N–H and O–H groups in total. The van der Waals surface area contributed by atoms with Gasteiger partial charge in [-0.2, -0.15) is 5.26 Å². The van der Waals surface area contributed by atoms with Crippen LogP contribution in [-0.4, -0.2) is 60.2 Å². The molecule has 0 unspecified atom stereocenters. The Bertz CT molecular complexity index is 1150. The number of piperazine rings is 1. The van der Waals surface area contributed by atoms with E-state index < -0.39 is 0 Å². The number of hydrogen-bond donors (Lipinski definition) is 0. The fourth-order valence-corrected chi connectivity index (χ4v) is 3.82. The number of rotatable bonds is 2. The molecule has 0 saturated carbocycles. The van der Waals surface area contributed by atoms with E-state index in [1.54, 1.807) is 30.6 Å². The molecule has 1 aromatic heterocycles. The smallest absolute Gasteiger partial charge is 0.253 e. The summed E-state index contributed by atoms with van der Waals surface area (Å²) in [6.45, 7) is 3.58. The number of carbonyl (C=O) groups is 1. The van der Waals surface area contributed by atoms with Crippen molar-refractivity contribution >= 4 is 22.6 Å².